The summed E-state index contributed by atoms with van der Waals surface area (Å²) in [6.07, 6.45) is 89.5. The summed E-state index contributed by atoms with van der Waals surface area (Å²) in [7, 11) is -10.0. The highest BCUT2D eigenvalue weighted by atomic mass is 31.2. The molecule has 0 aliphatic heterocycles. The first-order valence-corrected chi connectivity index (χ1v) is 42.4. The summed E-state index contributed by atoms with van der Waals surface area (Å²) in [6.45, 7) is 4.31. The Hall–Kier alpha value is -5.58. The van der Waals surface area contributed by atoms with Crippen LogP contribution < -0.4 is 0 Å². The summed E-state index contributed by atoms with van der Waals surface area (Å²) in [6, 6.07) is 0. The third-order valence-corrected chi connectivity index (χ3v) is 17.6. The monoisotopic (exact) mass is 1490 g/mol. The Kier molecular flexibility index (Phi) is 71.6. The van der Waals surface area contributed by atoms with E-state index in [-0.39, 0.29) is 25.7 Å². The molecule has 0 saturated heterocycles. The number of phosphoric ester groups is 2. The molecule has 17 nitrogen and oxygen atoms in total. The van der Waals surface area contributed by atoms with Crippen molar-refractivity contribution in [2.45, 2.75) is 303 Å². The van der Waals surface area contributed by atoms with Gasteiger partial charge in [0.05, 0.1) is 32.8 Å². The number of hydrogen-bond donors (Lipinski definition) is 3. The Morgan fingerprint density at radius 2 is 0.558 bits per heavy atom. The molecule has 590 valence electrons. The van der Waals surface area contributed by atoms with Gasteiger partial charge in [0.1, 0.15) is 19.3 Å². The zero-order valence-corrected chi connectivity index (χ0v) is 66.2. The lowest BCUT2D eigenvalue weighted by Crippen LogP contribution is -2.30. The molecule has 0 radical (unpaired) electrons. The fourth-order valence-corrected chi connectivity index (χ4v) is 11.4. The van der Waals surface area contributed by atoms with Crippen LogP contribution in [0, 0.1) is 0 Å². The van der Waals surface area contributed by atoms with Crippen LogP contribution in [0.2, 0.25) is 0 Å². The van der Waals surface area contributed by atoms with Gasteiger partial charge in [-0.3, -0.25) is 37.3 Å². The van der Waals surface area contributed by atoms with Gasteiger partial charge in [0.25, 0.3) is 0 Å². The molecule has 0 amide bonds. The van der Waals surface area contributed by atoms with Crippen molar-refractivity contribution in [2.24, 2.45) is 0 Å². The predicted octanol–water partition coefficient (Wildman–Crippen LogP) is 23.0. The molecule has 0 rings (SSSR count). The Labute approximate surface area is 629 Å². The lowest BCUT2D eigenvalue weighted by molar-refractivity contribution is -0.161. The number of hydrogen-bond acceptors (Lipinski definition) is 15. The normalized spacial score (nSPS) is 14.8. The molecule has 0 aromatic rings. The Balaban J connectivity index is 5.50. The molecule has 104 heavy (non-hydrogen) atoms. The molecule has 0 aromatic heterocycles. The van der Waals surface area contributed by atoms with Gasteiger partial charge in [-0.05, 0) is 122 Å². The predicted molar refractivity (Wildman–Crippen MR) is 426 cm³/mol. The molecular weight excluding hydrogens is 1350 g/mol. The average molecular weight is 1490 g/mol. The summed E-state index contributed by atoms with van der Waals surface area (Å²) >= 11 is 0. The lowest BCUT2D eigenvalue weighted by atomic mass is 10.0. The minimum absolute atomic E-state index is 0.0266. The summed E-state index contributed by atoms with van der Waals surface area (Å²) in [5, 5.41) is 10.6. The highest BCUT2D eigenvalue weighted by molar-refractivity contribution is 7.47. The molecule has 0 spiro atoms. The smallest absolute Gasteiger partial charge is 0.462 e. The maximum atomic E-state index is 13.1. The van der Waals surface area contributed by atoms with Crippen LogP contribution in [-0.2, 0) is 65.4 Å². The van der Waals surface area contributed by atoms with E-state index in [1.807, 2.05) is 36.5 Å². The topological polar surface area (TPSA) is 237 Å². The molecule has 0 bridgehead atoms. The van der Waals surface area contributed by atoms with E-state index >= 15 is 0 Å². The van der Waals surface area contributed by atoms with Crippen molar-refractivity contribution < 1.29 is 80.2 Å². The molecule has 0 fully saturated rings. The second-order valence-corrected chi connectivity index (χ2v) is 28.4. The zero-order valence-electron chi connectivity index (χ0n) is 64.4. The van der Waals surface area contributed by atoms with E-state index in [9.17, 15) is 43.2 Å². The Morgan fingerprint density at radius 1 is 0.288 bits per heavy atom. The van der Waals surface area contributed by atoms with Gasteiger partial charge in [-0.1, -0.05) is 307 Å². The minimum atomic E-state index is -5.01. The van der Waals surface area contributed by atoms with Crippen molar-refractivity contribution in [3.63, 3.8) is 0 Å². The van der Waals surface area contributed by atoms with Gasteiger partial charge in [0.15, 0.2) is 12.2 Å². The first-order valence-electron chi connectivity index (χ1n) is 39.4. The van der Waals surface area contributed by atoms with Crippen LogP contribution >= 0.6 is 15.6 Å². The highest BCUT2D eigenvalue weighted by Gasteiger charge is 2.30. The van der Waals surface area contributed by atoms with Gasteiger partial charge < -0.3 is 33.8 Å². The minimum Gasteiger partial charge on any atom is -0.462 e. The Morgan fingerprint density at radius 3 is 0.894 bits per heavy atom. The summed E-state index contributed by atoms with van der Waals surface area (Å²) < 4.78 is 68.4. The molecule has 19 heteroatoms. The number of ether oxygens (including phenoxy) is 4. The SMILES string of the molecule is CC/C=C\C/C=C\C/C=C\C/C=C\C/C=C\C/C=C\CCC(=O)OCC(COP(=O)(O)OCC(O)COP(=O)(O)OCC(COC(=O)C/C=C\C/C=C\C/C=C\C/C=C\C/C=C\CC)OC(=O)CCCCCCCCCCCCCCC)OC(=O)CCCCCCCCC/C=C\C/C=C\C/C=C\CC. The van der Waals surface area contributed by atoms with Crippen LogP contribution in [-0.4, -0.2) is 96.7 Å². The summed E-state index contributed by atoms with van der Waals surface area (Å²) in [5.74, 6) is -2.44. The fraction of sp³-hybridized carbons (Fsp3) is 0.624. The van der Waals surface area contributed by atoms with Crippen molar-refractivity contribution in [3.8, 4) is 0 Å². The highest BCUT2D eigenvalue weighted by Crippen LogP contribution is 2.45. The Bertz CT molecular complexity index is 2640. The number of aliphatic hydroxyl groups excluding tert-OH is 1. The largest absolute Gasteiger partial charge is 0.472 e. The third kappa shape index (κ3) is 74.7. The van der Waals surface area contributed by atoms with Gasteiger partial charge in [-0.25, -0.2) is 9.13 Å². The van der Waals surface area contributed by atoms with Gasteiger partial charge in [-0.15, -0.1) is 0 Å². The van der Waals surface area contributed by atoms with Crippen molar-refractivity contribution >= 4 is 39.5 Å². The van der Waals surface area contributed by atoms with Gasteiger partial charge in [0, 0.05) is 19.3 Å². The van der Waals surface area contributed by atoms with E-state index in [1.165, 1.54) is 51.4 Å². The molecule has 3 N–H and O–H groups in total. The van der Waals surface area contributed by atoms with Crippen molar-refractivity contribution in [1.29, 1.82) is 0 Å². The van der Waals surface area contributed by atoms with Crippen LogP contribution in [0.15, 0.2) is 170 Å². The maximum Gasteiger partial charge on any atom is 0.472 e. The summed E-state index contributed by atoms with van der Waals surface area (Å²) in [5.41, 5.74) is 0. The molecule has 0 saturated carbocycles. The number of phosphoric acid groups is 2. The van der Waals surface area contributed by atoms with Gasteiger partial charge in [-0.2, -0.15) is 0 Å². The first kappa shape index (κ1) is 98.4. The van der Waals surface area contributed by atoms with Crippen LogP contribution in [0.5, 0.6) is 0 Å². The van der Waals surface area contributed by atoms with Crippen LogP contribution in [0.3, 0.4) is 0 Å². The van der Waals surface area contributed by atoms with Crippen molar-refractivity contribution in [3.05, 3.63) is 170 Å². The van der Waals surface area contributed by atoms with E-state index < -0.39 is 97.5 Å². The molecule has 0 aliphatic carbocycles. The second-order valence-electron chi connectivity index (χ2n) is 25.5. The molecule has 0 heterocycles. The number of rotatable bonds is 72. The van der Waals surface area contributed by atoms with Gasteiger partial charge >= 0.3 is 39.5 Å². The van der Waals surface area contributed by atoms with E-state index in [2.05, 4.69) is 155 Å². The number of aliphatic hydroxyl groups is 1. The van der Waals surface area contributed by atoms with Gasteiger partial charge in [0.2, 0.25) is 0 Å². The van der Waals surface area contributed by atoms with Crippen LogP contribution in [0.4, 0.5) is 0 Å². The number of unbranched alkanes of at least 4 members (excludes halogenated alkanes) is 19. The van der Waals surface area contributed by atoms with Crippen LogP contribution in [0.25, 0.3) is 0 Å². The summed E-state index contributed by atoms with van der Waals surface area (Å²) in [4.78, 5) is 72.9. The number of esters is 4. The molecule has 5 atom stereocenters. The van der Waals surface area contributed by atoms with Crippen LogP contribution in [0.1, 0.15) is 285 Å². The second kappa shape index (κ2) is 75.6. The molecule has 0 aromatic carbocycles. The van der Waals surface area contributed by atoms with E-state index in [4.69, 9.17) is 37.0 Å². The average Bonchev–Trinajstić information content (AvgIpc) is 0.911. The molecule has 5 unspecified atom stereocenters. The van der Waals surface area contributed by atoms with E-state index in [1.54, 1.807) is 6.08 Å². The third-order valence-electron chi connectivity index (χ3n) is 15.7. The van der Waals surface area contributed by atoms with Crippen molar-refractivity contribution in [2.75, 3.05) is 39.6 Å². The first-order chi connectivity index (χ1) is 50.7. The zero-order chi connectivity index (χ0) is 76.0. The maximum absolute atomic E-state index is 13.1. The van der Waals surface area contributed by atoms with E-state index in [0.717, 1.165) is 148 Å². The number of allylic oxidation sites excluding steroid dienone is 27. The number of carbonyl (C=O) groups excluding carboxylic acids is 4. The fourth-order valence-electron chi connectivity index (χ4n) is 9.86. The van der Waals surface area contributed by atoms with E-state index in [0.29, 0.717) is 32.1 Å². The quantitative estimate of drug-likeness (QED) is 0.0169. The van der Waals surface area contributed by atoms with Crippen molar-refractivity contribution in [1.82, 2.24) is 0 Å². The lowest BCUT2D eigenvalue weighted by Gasteiger charge is -2.21. The number of carbonyl (C=O) groups is 4. The molecular formula is C85H138O17P2. The standard InChI is InChI=1S/C85H138O17P2/c1-5-9-13-17-21-25-29-33-36-38-39-41-43-47-50-54-58-62-66-70-83(88)96-76-81(102-85(90)72-68-64-60-56-52-48-44-40-37-34-30-26-22-18-14-10-6-2)78-100-104(93,94)98-74-79(86)73-97-103(91,92)99-77-80(101-84(89)71-67-63-59-55-51-45-32-28-24-20-16-12-8-4)75-95-82(87)69-65-61-57-53-49-46-42-35-31-27-23-19-15-11-7-3/h9-11,13-15,21-23,25-27,33-37,39,41-42,47,49-50,53,58,61-62,65,79-81,86H,5-8,12,16-20,24,28-32,38,40,43-46,48,51-52,54-57,59-60,63-64,66-78H2,1-4H3,(H,91,92)(H,93,94)/b13-9-,14-10-,15-11-,25-21-,26-22-,27-23-,36-33-,37-34-,41-39-,42-35-,50-47-,53-49-,62-58-,65-61-. The molecule has 0 aliphatic rings.